The van der Waals surface area contributed by atoms with E-state index in [0.717, 1.165) is 63.3 Å². The zero-order valence-corrected chi connectivity index (χ0v) is 20.1. The summed E-state index contributed by atoms with van der Waals surface area (Å²) in [4.78, 5) is 7.26. The highest BCUT2D eigenvalue weighted by atomic mass is 127. The molecule has 0 spiro atoms. The minimum absolute atomic E-state index is 0. The SMILES string of the molecule is CCCN=C(NCCn1cnnc1CC)N1CCC(Cc2ccccc2)CC1.I. The molecule has 0 amide bonds. The Bertz CT molecular complexity index is 722. The molecule has 6 nitrogen and oxygen atoms in total. The molecule has 1 aromatic carbocycles. The van der Waals surface area contributed by atoms with Crippen LogP contribution in [0.2, 0.25) is 0 Å². The minimum atomic E-state index is 0. The van der Waals surface area contributed by atoms with Crippen molar-refractivity contribution in [3.8, 4) is 0 Å². The number of hydrogen-bond acceptors (Lipinski definition) is 3. The number of piperidine rings is 1. The summed E-state index contributed by atoms with van der Waals surface area (Å²) in [6, 6.07) is 10.9. The smallest absolute Gasteiger partial charge is 0.193 e. The van der Waals surface area contributed by atoms with Crippen molar-refractivity contribution in [2.75, 3.05) is 26.2 Å². The maximum absolute atomic E-state index is 4.83. The number of nitrogens with one attached hydrogen (secondary N) is 1. The summed E-state index contributed by atoms with van der Waals surface area (Å²) in [5.74, 6) is 2.87. The van der Waals surface area contributed by atoms with E-state index in [2.05, 4.69) is 69.2 Å². The van der Waals surface area contributed by atoms with Crippen molar-refractivity contribution in [3.63, 3.8) is 0 Å². The van der Waals surface area contributed by atoms with Crippen LogP contribution >= 0.6 is 24.0 Å². The molecule has 3 rings (SSSR count). The Morgan fingerprint density at radius 2 is 1.93 bits per heavy atom. The molecular formula is C22H35IN6. The zero-order valence-electron chi connectivity index (χ0n) is 17.8. The third kappa shape index (κ3) is 7.28. The van der Waals surface area contributed by atoms with Crippen LogP contribution in [-0.4, -0.2) is 51.8 Å². The van der Waals surface area contributed by atoms with Gasteiger partial charge in [0.05, 0.1) is 0 Å². The van der Waals surface area contributed by atoms with Crippen molar-refractivity contribution in [3.05, 3.63) is 48.0 Å². The Hall–Kier alpha value is -1.64. The Morgan fingerprint density at radius 3 is 2.62 bits per heavy atom. The first-order valence-electron chi connectivity index (χ1n) is 10.7. The topological polar surface area (TPSA) is 58.3 Å². The van der Waals surface area contributed by atoms with Crippen LogP contribution in [-0.2, 0) is 19.4 Å². The van der Waals surface area contributed by atoms with E-state index in [0.29, 0.717) is 0 Å². The number of nitrogens with zero attached hydrogens (tertiary/aromatic N) is 5. The van der Waals surface area contributed by atoms with Crippen molar-refractivity contribution in [1.29, 1.82) is 0 Å². The summed E-state index contributed by atoms with van der Waals surface area (Å²) < 4.78 is 2.12. The number of benzene rings is 1. The predicted molar refractivity (Wildman–Crippen MR) is 130 cm³/mol. The van der Waals surface area contributed by atoms with E-state index in [-0.39, 0.29) is 24.0 Å². The molecule has 1 aliphatic rings. The lowest BCUT2D eigenvalue weighted by atomic mass is 9.90. The van der Waals surface area contributed by atoms with Gasteiger partial charge in [-0.3, -0.25) is 4.99 Å². The maximum atomic E-state index is 4.83. The van der Waals surface area contributed by atoms with E-state index in [1.807, 2.05) is 6.33 Å². The van der Waals surface area contributed by atoms with Gasteiger partial charge in [0.1, 0.15) is 12.2 Å². The molecule has 0 bridgehead atoms. The Balaban J connectivity index is 0.00000300. The molecule has 160 valence electrons. The quantitative estimate of drug-likeness (QED) is 0.334. The number of aromatic nitrogens is 3. The third-order valence-corrected chi connectivity index (χ3v) is 5.41. The molecule has 0 aliphatic carbocycles. The molecule has 1 N–H and O–H groups in total. The molecule has 0 saturated carbocycles. The van der Waals surface area contributed by atoms with E-state index in [1.54, 1.807) is 0 Å². The van der Waals surface area contributed by atoms with Crippen LogP contribution in [0.1, 0.15) is 44.5 Å². The minimum Gasteiger partial charge on any atom is -0.354 e. The fourth-order valence-corrected chi connectivity index (χ4v) is 3.81. The molecule has 0 radical (unpaired) electrons. The Morgan fingerprint density at radius 1 is 1.17 bits per heavy atom. The molecule has 7 heteroatoms. The van der Waals surface area contributed by atoms with E-state index in [1.165, 1.54) is 24.8 Å². The molecular weight excluding hydrogens is 475 g/mol. The summed E-state index contributed by atoms with van der Waals surface area (Å²) in [7, 11) is 0. The van der Waals surface area contributed by atoms with Gasteiger partial charge in [-0.2, -0.15) is 0 Å². The number of aliphatic imine (C=N–C) groups is 1. The van der Waals surface area contributed by atoms with Crippen LogP contribution in [0.3, 0.4) is 0 Å². The van der Waals surface area contributed by atoms with Crippen LogP contribution in [0, 0.1) is 5.92 Å². The number of guanidine groups is 1. The van der Waals surface area contributed by atoms with Gasteiger partial charge in [-0.25, -0.2) is 0 Å². The summed E-state index contributed by atoms with van der Waals surface area (Å²) >= 11 is 0. The average Bonchev–Trinajstić information content (AvgIpc) is 3.19. The lowest BCUT2D eigenvalue weighted by molar-refractivity contribution is 0.258. The third-order valence-electron chi connectivity index (χ3n) is 5.41. The molecule has 2 aromatic rings. The van der Waals surface area contributed by atoms with Crippen molar-refractivity contribution in [2.24, 2.45) is 10.9 Å². The second kappa shape index (κ2) is 12.8. The van der Waals surface area contributed by atoms with Gasteiger partial charge in [-0.15, -0.1) is 34.2 Å². The van der Waals surface area contributed by atoms with Gasteiger partial charge in [-0.05, 0) is 37.2 Å². The van der Waals surface area contributed by atoms with Crippen LogP contribution < -0.4 is 5.32 Å². The number of rotatable bonds is 8. The van der Waals surface area contributed by atoms with Crippen molar-refractivity contribution < 1.29 is 0 Å². The maximum Gasteiger partial charge on any atom is 0.193 e. The number of halogens is 1. The molecule has 0 atom stereocenters. The standard InChI is InChI=1S/C22H34N6.HI/c1-3-12-23-22(24-13-16-28-18-25-26-21(28)4-2)27-14-10-20(11-15-27)17-19-8-6-5-7-9-19;/h5-9,18,20H,3-4,10-17H2,1-2H3,(H,23,24);1H. The second-order valence-corrected chi connectivity index (χ2v) is 7.55. The largest absolute Gasteiger partial charge is 0.354 e. The molecule has 2 heterocycles. The van der Waals surface area contributed by atoms with Gasteiger partial charge in [0.15, 0.2) is 5.96 Å². The molecule has 29 heavy (non-hydrogen) atoms. The highest BCUT2D eigenvalue weighted by molar-refractivity contribution is 14.0. The van der Waals surface area contributed by atoms with E-state index in [9.17, 15) is 0 Å². The predicted octanol–water partition coefficient (Wildman–Crippen LogP) is 3.77. The molecule has 1 aromatic heterocycles. The molecule has 0 unspecified atom stereocenters. The van der Waals surface area contributed by atoms with Gasteiger partial charge >= 0.3 is 0 Å². The van der Waals surface area contributed by atoms with E-state index >= 15 is 0 Å². The first kappa shape index (κ1) is 23.6. The van der Waals surface area contributed by atoms with Crippen LogP contribution in [0.5, 0.6) is 0 Å². The Kier molecular flexibility index (Phi) is 10.5. The van der Waals surface area contributed by atoms with Gasteiger partial charge in [0.25, 0.3) is 0 Å². The second-order valence-electron chi connectivity index (χ2n) is 7.55. The van der Waals surface area contributed by atoms with Gasteiger partial charge in [0.2, 0.25) is 0 Å². The normalized spacial score (nSPS) is 15.2. The van der Waals surface area contributed by atoms with Crippen molar-refractivity contribution >= 4 is 29.9 Å². The van der Waals surface area contributed by atoms with E-state index in [4.69, 9.17) is 4.99 Å². The summed E-state index contributed by atoms with van der Waals surface area (Å²) in [5, 5.41) is 11.8. The van der Waals surface area contributed by atoms with Crippen LogP contribution in [0.4, 0.5) is 0 Å². The van der Waals surface area contributed by atoms with Crippen LogP contribution in [0.25, 0.3) is 0 Å². The van der Waals surface area contributed by atoms with Gasteiger partial charge in [-0.1, -0.05) is 44.2 Å². The van der Waals surface area contributed by atoms with E-state index < -0.39 is 0 Å². The first-order chi connectivity index (χ1) is 13.8. The van der Waals surface area contributed by atoms with Crippen molar-refractivity contribution in [1.82, 2.24) is 25.0 Å². The average molecular weight is 510 g/mol. The van der Waals surface area contributed by atoms with Crippen LogP contribution in [0.15, 0.2) is 41.7 Å². The monoisotopic (exact) mass is 510 g/mol. The Labute approximate surface area is 192 Å². The highest BCUT2D eigenvalue weighted by Crippen LogP contribution is 2.21. The van der Waals surface area contributed by atoms with Crippen molar-refractivity contribution in [2.45, 2.75) is 52.5 Å². The zero-order chi connectivity index (χ0) is 19.6. The fraction of sp³-hybridized carbons (Fsp3) is 0.591. The fourth-order valence-electron chi connectivity index (χ4n) is 3.81. The summed E-state index contributed by atoms with van der Waals surface area (Å²) in [6.45, 7) is 9.04. The summed E-state index contributed by atoms with van der Waals surface area (Å²) in [6.07, 6.45) is 7.45. The highest BCUT2D eigenvalue weighted by Gasteiger charge is 2.21. The molecule has 1 saturated heterocycles. The number of hydrogen-bond donors (Lipinski definition) is 1. The summed E-state index contributed by atoms with van der Waals surface area (Å²) in [5.41, 5.74) is 1.46. The molecule has 1 fully saturated rings. The number of aryl methyl sites for hydroxylation is 1. The first-order valence-corrected chi connectivity index (χ1v) is 10.7. The number of likely N-dealkylation sites (tertiary alicyclic amines) is 1. The lowest BCUT2D eigenvalue weighted by Crippen LogP contribution is -2.46. The molecule has 1 aliphatic heterocycles. The van der Waals surface area contributed by atoms with Gasteiger partial charge in [0, 0.05) is 39.1 Å². The lowest BCUT2D eigenvalue weighted by Gasteiger charge is -2.34. The van der Waals surface area contributed by atoms with Gasteiger partial charge < -0.3 is 14.8 Å².